The number of phenols is 1. The van der Waals surface area contributed by atoms with Gasteiger partial charge in [0.1, 0.15) is 17.6 Å². The van der Waals surface area contributed by atoms with Gasteiger partial charge in [-0.25, -0.2) is 0 Å². The van der Waals surface area contributed by atoms with E-state index >= 15 is 0 Å². The van der Waals surface area contributed by atoms with Crippen molar-refractivity contribution in [3.63, 3.8) is 0 Å². The Hall–Kier alpha value is -1.73. The summed E-state index contributed by atoms with van der Waals surface area (Å²) in [6, 6.07) is 5.94. The Morgan fingerprint density at radius 2 is 2.25 bits per heavy atom. The standard InChI is InChI=1S/C8H7NO3/c9-4-6-3-7(12-5-10)1-2-8(6)11/h1-3,10-11H,5H2. The van der Waals surface area contributed by atoms with Gasteiger partial charge in [-0.2, -0.15) is 5.26 Å². The van der Waals surface area contributed by atoms with Crippen molar-refractivity contribution in [2.24, 2.45) is 0 Å². The van der Waals surface area contributed by atoms with Crippen molar-refractivity contribution in [2.75, 3.05) is 6.79 Å². The molecule has 0 saturated carbocycles. The summed E-state index contributed by atoms with van der Waals surface area (Å²) in [6.45, 7) is -0.449. The highest BCUT2D eigenvalue weighted by molar-refractivity contribution is 5.46. The first-order valence-corrected chi connectivity index (χ1v) is 3.24. The Kier molecular flexibility index (Phi) is 2.51. The van der Waals surface area contributed by atoms with E-state index < -0.39 is 6.79 Å². The summed E-state index contributed by atoms with van der Waals surface area (Å²) in [5.41, 5.74) is 0.126. The van der Waals surface area contributed by atoms with E-state index in [9.17, 15) is 0 Å². The SMILES string of the molecule is N#Cc1cc(OCO)ccc1O. The second kappa shape index (κ2) is 3.60. The Morgan fingerprint density at radius 3 is 2.83 bits per heavy atom. The number of ether oxygens (including phenoxy) is 1. The summed E-state index contributed by atoms with van der Waals surface area (Å²) < 4.78 is 4.70. The number of hydrogen-bond acceptors (Lipinski definition) is 4. The quantitative estimate of drug-likeness (QED) is 0.629. The molecule has 0 bridgehead atoms. The van der Waals surface area contributed by atoms with E-state index in [1.54, 1.807) is 6.07 Å². The molecule has 1 aromatic rings. The number of nitriles is 1. The van der Waals surface area contributed by atoms with Crippen LogP contribution in [0.3, 0.4) is 0 Å². The maximum absolute atomic E-state index is 9.06. The van der Waals surface area contributed by atoms with E-state index in [2.05, 4.69) is 0 Å². The van der Waals surface area contributed by atoms with E-state index in [0.29, 0.717) is 5.75 Å². The molecule has 0 unspecified atom stereocenters. The van der Waals surface area contributed by atoms with Crippen LogP contribution < -0.4 is 4.74 Å². The predicted molar refractivity (Wildman–Crippen MR) is 40.5 cm³/mol. The fourth-order valence-corrected chi connectivity index (χ4v) is 0.769. The lowest BCUT2D eigenvalue weighted by atomic mass is 10.2. The molecule has 0 heterocycles. The second-order valence-corrected chi connectivity index (χ2v) is 2.06. The zero-order valence-corrected chi connectivity index (χ0v) is 6.19. The number of nitrogens with zero attached hydrogens (tertiary/aromatic N) is 1. The first kappa shape index (κ1) is 8.37. The third-order valence-electron chi connectivity index (χ3n) is 1.32. The summed E-state index contributed by atoms with van der Waals surface area (Å²) >= 11 is 0. The molecule has 0 aliphatic rings. The number of rotatable bonds is 2. The van der Waals surface area contributed by atoms with Crippen molar-refractivity contribution >= 4 is 0 Å². The molecule has 4 heteroatoms. The second-order valence-electron chi connectivity index (χ2n) is 2.06. The molecular formula is C8H7NO3. The molecule has 1 rings (SSSR count). The molecule has 0 aliphatic carbocycles. The van der Waals surface area contributed by atoms with Crippen LogP contribution in [0.2, 0.25) is 0 Å². The normalized spacial score (nSPS) is 9.00. The molecule has 0 radical (unpaired) electrons. The largest absolute Gasteiger partial charge is 0.507 e. The molecule has 0 atom stereocenters. The molecule has 12 heavy (non-hydrogen) atoms. The van der Waals surface area contributed by atoms with Gasteiger partial charge in [-0.1, -0.05) is 0 Å². The highest BCUT2D eigenvalue weighted by Crippen LogP contribution is 2.21. The third kappa shape index (κ3) is 1.65. The van der Waals surface area contributed by atoms with E-state index in [-0.39, 0.29) is 11.3 Å². The number of hydrogen-bond donors (Lipinski definition) is 2. The molecule has 0 fully saturated rings. The molecule has 0 spiro atoms. The lowest BCUT2D eigenvalue weighted by molar-refractivity contribution is 0.0984. The molecule has 0 saturated heterocycles. The zero-order valence-electron chi connectivity index (χ0n) is 6.19. The average molecular weight is 165 g/mol. The van der Waals surface area contributed by atoms with Crippen molar-refractivity contribution in [1.82, 2.24) is 0 Å². The van der Waals surface area contributed by atoms with Crippen LogP contribution in [-0.4, -0.2) is 17.0 Å². The van der Waals surface area contributed by atoms with Gasteiger partial charge in [-0.05, 0) is 12.1 Å². The fraction of sp³-hybridized carbons (Fsp3) is 0.125. The van der Waals surface area contributed by atoms with Crippen LogP contribution in [0.25, 0.3) is 0 Å². The first-order valence-electron chi connectivity index (χ1n) is 3.24. The molecular weight excluding hydrogens is 158 g/mol. The van der Waals surface area contributed by atoms with Gasteiger partial charge in [0, 0.05) is 6.07 Å². The molecule has 0 amide bonds. The minimum atomic E-state index is -0.449. The van der Waals surface area contributed by atoms with Gasteiger partial charge in [0.05, 0.1) is 5.56 Å². The van der Waals surface area contributed by atoms with Crippen LogP contribution in [0.15, 0.2) is 18.2 Å². The lowest BCUT2D eigenvalue weighted by Gasteiger charge is -2.02. The maximum atomic E-state index is 9.06. The summed E-state index contributed by atoms with van der Waals surface area (Å²) in [5.74, 6) is 0.259. The van der Waals surface area contributed by atoms with Gasteiger partial charge in [-0.15, -0.1) is 0 Å². The van der Waals surface area contributed by atoms with Crippen LogP contribution in [-0.2, 0) is 0 Å². The topological polar surface area (TPSA) is 73.5 Å². The van der Waals surface area contributed by atoms with E-state index in [1.807, 2.05) is 0 Å². The van der Waals surface area contributed by atoms with Crippen LogP contribution in [0.1, 0.15) is 5.56 Å². The Labute approximate surface area is 69.3 Å². The average Bonchev–Trinajstić information content (AvgIpc) is 2.09. The Balaban J connectivity index is 2.99. The van der Waals surface area contributed by atoms with Gasteiger partial charge < -0.3 is 14.9 Å². The van der Waals surface area contributed by atoms with Gasteiger partial charge >= 0.3 is 0 Å². The lowest BCUT2D eigenvalue weighted by Crippen LogP contribution is -1.94. The van der Waals surface area contributed by atoms with Crippen molar-refractivity contribution in [2.45, 2.75) is 0 Å². The molecule has 0 aromatic heterocycles. The minimum Gasteiger partial charge on any atom is -0.507 e. The van der Waals surface area contributed by atoms with Crippen LogP contribution in [0, 0.1) is 11.3 Å². The Bertz CT molecular complexity index is 317. The van der Waals surface area contributed by atoms with Gasteiger partial charge in [0.25, 0.3) is 0 Å². The highest BCUT2D eigenvalue weighted by atomic mass is 16.6. The molecule has 2 N–H and O–H groups in total. The molecule has 4 nitrogen and oxygen atoms in total. The minimum absolute atomic E-state index is 0.0946. The van der Waals surface area contributed by atoms with Gasteiger partial charge in [0.2, 0.25) is 0 Å². The smallest absolute Gasteiger partial charge is 0.186 e. The summed E-state index contributed by atoms with van der Waals surface area (Å²) in [6.07, 6.45) is 0. The molecule has 0 aliphatic heterocycles. The third-order valence-corrected chi connectivity index (χ3v) is 1.32. The highest BCUT2D eigenvalue weighted by Gasteiger charge is 2.01. The number of aliphatic hydroxyl groups excluding tert-OH is 1. The molecule has 1 aromatic carbocycles. The summed E-state index contributed by atoms with van der Waals surface area (Å²) in [4.78, 5) is 0. The van der Waals surface area contributed by atoms with E-state index in [0.717, 1.165) is 0 Å². The zero-order chi connectivity index (χ0) is 8.97. The van der Waals surface area contributed by atoms with Crippen molar-refractivity contribution < 1.29 is 14.9 Å². The van der Waals surface area contributed by atoms with Crippen LogP contribution in [0.4, 0.5) is 0 Å². The number of aromatic hydroxyl groups is 1. The van der Waals surface area contributed by atoms with Crippen LogP contribution >= 0.6 is 0 Å². The number of benzene rings is 1. The molecule has 62 valence electrons. The van der Waals surface area contributed by atoms with E-state index in [1.165, 1.54) is 18.2 Å². The summed E-state index contributed by atoms with van der Waals surface area (Å²) in [7, 11) is 0. The van der Waals surface area contributed by atoms with Gasteiger partial charge in [0.15, 0.2) is 6.79 Å². The fourth-order valence-electron chi connectivity index (χ4n) is 0.769. The van der Waals surface area contributed by atoms with Crippen molar-refractivity contribution in [1.29, 1.82) is 5.26 Å². The van der Waals surface area contributed by atoms with Crippen LogP contribution in [0.5, 0.6) is 11.5 Å². The first-order chi connectivity index (χ1) is 5.77. The van der Waals surface area contributed by atoms with E-state index in [4.69, 9.17) is 20.2 Å². The van der Waals surface area contributed by atoms with Crippen molar-refractivity contribution in [3.8, 4) is 17.6 Å². The number of phenolic OH excluding ortho intramolecular Hbond substituents is 1. The van der Waals surface area contributed by atoms with Crippen molar-refractivity contribution in [3.05, 3.63) is 23.8 Å². The predicted octanol–water partition coefficient (Wildman–Crippen LogP) is 0.592. The summed E-state index contributed by atoms with van der Waals surface area (Å²) in [5, 5.41) is 25.9. The van der Waals surface area contributed by atoms with Gasteiger partial charge in [-0.3, -0.25) is 0 Å². The number of aliphatic hydroxyl groups is 1. The monoisotopic (exact) mass is 165 g/mol. The Morgan fingerprint density at radius 1 is 1.50 bits per heavy atom. The maximum Gasteiger partial charge on any atom is 0.186 e.